The first-order valence-corrected chi connectivity index (χ1v) is 5.80. The minimum Gasteiger partial charge on any atom is -0.469 e. The molecule has 0 aliphatic heterocycles. The molecule has 0 aliphatic carbocycles. The van der Waals surface area contributed by atoms with E-state index in [-0.39, 0.29) is 17.9 Å². The molecule has 0 aromatic heterocycles. The van der Waals surface area contributed by atoms with Crippen LogP contribution >= 0.6 is 0 Å². The Morgan fingerprint density at radius 2 is 1.69 bits per heavy atom. The van der Waals surface area contributed by atoms with Crippen molar-refractivity contribution in [1.29, 1.82) is 0 Å². The fourth-order valence-corrected chi connectivity index (χ4v) is 1.59. The van der Waals surface area contributed by atoms with Gasteiger partial charge in [0.05, 0.1) is 20.1 Å². The molecule has 0 saturated heterocycles. The smallest absolute Gasteiger partial charge is 0.308 e. The molecule has 94 valence electrons. The van der Waals surface area contributed by atoms with Gasteiger partial charge < -0.3 is 9.47 Å². The highest BCUT2D eigenvalue weighted by Gasteiger charge is 2.18. The zero-order valence-corrected chi connectivity index (χ0v) is 10.5. The fraction of sp³-hybridized carbons (Fsp3) is 0.833. The molecule has 0 fully saturated rings. The zero-order chi connectivity index (χ0) is 12.4. The SMILES string of the molecule is CCCCC(CCCC(=O)OC)C(=O)OC. The lowest BCUT2D eigenvalue weighted by atomic mass is 9.96. The lowest BCUT2D eigenvalue weighted by Gasteiger charge is -2.13. The van der Waals surface area contributed by atoms with Crippen molar-refractivity contribution >= 4 is 11.9 Å². The third kappa shape index (κ3) is 6.43. The van der Waals surface area contributed by atoms with Crippen LogP contribution in [0.5, 0.6) is 0 Å². The Morgan fingerprint density at radius 3 is 2.19 bits per heavy atom. The van der Waals surface area contributed by atoms with E-state index < -0.39 is 0 Å². The summed E-state index contributed by atoms with van der Waals surface area (Å²) >= 11 is 0. The monoisotopic (exact) mass is 230 g/mol. The highest BCUT2D eigenvalue weighted by molar-refractivity contribution is 5.72. The molecule has 4 heteroatoms. The van der Waals surface area contributed by atoms with Gasteiger partial charge in [0.25, 0.3) is 0 Å². The topological polar surface area (TPSA) is 52.6 Å². The second kappa shape index (κ2) is 9.19. The summed E-state index contributed by atoms with van der Waals surface area (Å²) in [6, 6.07) is 0. The van der Waals surface area contributed by atoms with Gasteiger partial charge in [0.15, 0.2) is 0 Å². The van der Waals surface area contributed by atoms with Crippen LogP contribution in [0, 0.1) is 5.92 Å². The van der Waals surface area contributed by atoms with Gasteiger partial charge in [-0.3, -0.25) is 9.59 Å². The molecule has 0 radical (unpaired) electrons. The van der Waals surface area contributed by atoms with Gasteiger partial charge >= 0.3 is 11.9 Å². The summed E-state index contributed by atoms with van der Waals surface area (Å²) in [5, 5.41) is 0. The molecule has 0 amide bonds. The third-order valence-corrected chi connectivity index (χ3v) is 2.60. The van der Waals surface area contributed by atoms with E-state index in [2.05, 4.69) is 11.7 Å². The maximum Gasteiger partial charge on any atom is 0.308 e. The Hall–Kier alpha value is -1.06. The van der Waals surface area contributed by atoms with Crippen molar-refractivity contribution in [2.75, 3.05) is 14.2 Å². The number of ether oxygens (including phenoxy) is 2. The highest BCUT2D eigenvalue weighted by atomic mass is 16.5. The molecule has 0 spiro atoms. The van der Waals surface area contributed by atoms with Crippen LogP contribution in [0.25, 0.3) is 0 Å². The molecule has 0 N–H and O–H groups in total. The molecule has 0 aliphatic rings. The number of carbonyl (C=O) groups is 2. The summed E-state index contributed by atoms with van der Waals surface area (Å²) in [4.78, 5) is 22.3. The predicted molar refractivity (Wildman–Crippen MR) is 60.9 cm³/mol. The summed E-state index contributed by atoms with van der Waals surface area (Å²) in [7, 11) is 2.78. The molecule has 0 heterocycles. The van der Waals surface area contributed by atoms with Crippen LogP contribution in [0.15, 0.2) is 0 Å². The number of unbranched alkanes of at least 4 members (excludes halogenated alkanes) is 1. The normalized spacial score (nSPS) is 11.9. The van der Waals surface area contributed by atoms with Crippen LogP contribution in [-0.2, 0) is 19.1 Å². The van der Waals surface area contributed by atoms with Crippen LogP contribution < -0.4 is 0 Å². The van der Waals surface area contributed by atoms with E-state index in [0.29, 0.717) is 19.3 Å². The molecule has 0 aromatic rings. The van der Waals surface area contributed by atoms with Gasteiger partial charge in [0, 0.05) is 6.42 Å². The van der Waals surface area contributed by atoms with E-state index in [1.165, 1.54) is 14.2 Å². The Bertz CT molecular complexity index is 213. The summed E-state index contributed by atoms with van der Waals surface area (Å²) < 4.78 is 9.28. The maximum atomic E-state index is 11.4. The average Bonchev–Trinajstić information content (AvgIpc) is 2.32. The van der Waals surface area contributed by atoms with Gasteiger partial charge in [-0.15, -0.1) is 0 Å². The van der Waals surface area contributed by atoms with Gasteiger partial charge in [-0.05, 0) is 19.3 Å². The second-order valence-electron chi connectivity index (χ2n) is 3.83. The summed E-state index contributed by atoms with van der Waals surface area (Å²) in [6.07, 6.45) is 4.65. The summed E-state index contributed by atoms with van der Waals surface area (Å²) in [5.74, 6) is -0.466. The van der Waals surface area contributed by atoms with E-state index in [1.54, 1.807) is 0 Å². The van der Waals surface area contributed by atoms with Gasteiger partial charge in [0.2, 0.25) is 0 Å². The van der Waals surface area contributed by atoms with E-state index in [1.807, 2.05) is 0 Å². The summed E-state index contributed by atoms with van der Waals surface area (Å²) in [5.41, 5.74) is 0. The highest BCUT2D eigenvalue weighted by Crippen LogP contribution is 2.17. The second-order valence-corrected chi connectivity index (χ2v) is 3.83. The number of methoxy groups -OCH3 is 2. The van der Waals surface area contributed by atoms with E-state index in [4.69, 9.17) is 4.74 Å². The number of hydrogen-bond donors (Lipinski definition) is 0. The molecular weight excluding hydrogens is 208 g/mol. The Morgan fingerprint density at radius 1 is 1.06 bits per heavy atom. The zero-order valence-electron chi connectivity index (χ0n) is 10.5. The van der Waals surface area contributed by atoms with Crippen molar-refractivity contribution in [2.24, 2.45) is 5.92 Å². The van der Waals surface area contributed by atoms with Gasteiger partial charge in [-0.1, -0.05) is 19.8 Å². The first-order valence-electron chi connectivity index (χ1n) is 5.80. The van der Waals surface area contributed by atoms with Crippen LogP contribution in [0.2, 0.25) is 0 Å². The van der Waals surface area contributed by atoms with E-state index in [9.17, 15) is 9.59 Å². The lowest BCUT2D eigenvalue weighted by Crippen LogP contribution is -2.16. The Labute approximate surface area is 97.3 Å². The molecule has 0 bridgehead atoms. The van der Waals surface area contributed by atoms with E-state index >= 15 is 0 Å². The molecular formula is C12H22O4. The lowest BCUT2D eigenvalue weighted by molar-refractivity contribution is -0.147. The van der Waals surface area contributed by atoms with Crippen molar-refractivity contribution < 1.29 is 19.1 Å². The van der Waals surface area contributed by atoms with Gasteiger partial charge in [-0.25, -0.2) is 0 Å². The van der Waals surface area contributed by atoms with Crippen molar-refractivity contribution in [3.05, 3.63) is 0 Å². The minimum atomic E-state index is -0.223. The van der Waals surface area contributed by atoms with Crippen molar-refractivity contribution in [3.63, 3.8) is 0 Å². The third-order valence-electron chi connectivity index (χ3n) is 2.60. The van der Waals surface area contributed by atoms with Crippen molar-refractivity contribution in [3.8, 4) is 0 Å². The number of hydrogen-bond acceptors (Lipinski definition) is 4. The van der Waals surface area contributed by atoms with Gasteiger partial charge in [-0.2, -0.15) is 0 Å². The molecule has 0 rings (SSSR count). The maximum absolute atomic E-state index is 11.4. The molecule has 4 nitrogen and oxygen atoms in total. The number of rotatable bonds is 8. The fourth-order valence-electron chi connectivity index (χ4n) is 1.59. The first-order chi connectivity index (χ1) is 7.65. The van der Waals surface area contributed by atoms with Crippen molar-refractivity contribution in [1.82, 2.24) is 0 Å². The van der Waals surface area contributed by atoms with Gasteiger partial charge in [0.1, 0.15) is 0 Å². The largest absolute Gasteiger partial charge is 0.469 e. The number of carbonyl (C=O) groups excluding carboxylic acids is 2. The Balaban J connectivity index is 3.91. The quantitative estimate of drug-likeness (QED) is 0.600. The number of esters is 2. The first kappa shape index (κ1) is 14.9. The van der Waals surface area contributed by atoms with Crippen LogP contribution in [-0.4, -0.2) is 26.2 Å². The predicted octanol–water partition coefficient (Wildman–Crippen LogP) is 2.31. The average molecular weight is 230 g/mol. The molecule has 1 atom stereocenters. The molecule has 16 heavy (non-hydrogen) atoms. The van der Waals surface area contributed by atoms with Crippen LogP contribution in [0.4, 0.5) is 0 Å². The van der Waals surface area contributed by atoms with E-state index in [0.717, 1.165) is 19.3 Å². The molecule has 1 unspecified atom stereocenters. The van der Waals surface area contributed by atoms with Crippen LogP contribution in [0.3, 0.4) is 0 Å². The summed E-state index contributed by atoms with van der Waals surface area (Å²) in [6.45, 7) is 2.09. The van der Waals surface area contributed by atoms with Crippen LogP contribution in [0.1, 0.15) is 45.4 Å². The molecule has 0 aromatic carbocycles. The minimum absolute atomic E-state index is 0.0744. The van der Waals surface area contributed by atoms with Crippen molar-refractivity contribution in [2.45, 2.75) is 45.4 Å². The standard InChI is InChI=1S/C12H22O4/c1-4-5-7-10(12(14)16-3)8-6-9-11(13)15-2/h10H,4-9H2,1-3H3. The molecule has 0 saturated carbocycles. The Kier molecular flexibility index (Phi) is 8.58.